The summed E-state index contributed by atoms with van der Waals surface area (Å²) in [5.74, 6) is 1.48. The van der Waals surface area contributed by atoms with Crippen molar-refractivity contribution in [3.8, 4) is 5.75 Å². The number of aliphatic hydroxyl groups excluding tert-OH is 1. The molecule has 178 valence electrons. The summed E-state index contributed by atoms with van der Waals surface area (Å²) in [4.78, 5) is 17.9. The lowest BCUT2D eigenvalue weighted by molar-refractivity contribution is 0.131. The van der Waals surface area contributed by atoms with Crippen molar-refractivity contribution in [2.24, 2.45) is 0 Å². The molecule has 0 amide bonds. The standard InChI is InChI=1S/C25H30N6O3/c1-4-23(24-27-28-29-31(24)15-18-6-8-21(34-3)9-7-18)30(11-12-32)16-20-14-19-13-17(2)5-10-22(19)26-25(20)33/h5-10,13-14,23,32H,4,11-12,15-16H2,1-3H3,(H,26,33)/t23-/m1/s1. The lowest BCUT2D eigenvalue weighted by Gasteiger charge is -2.29. The Morgan fingerprint density at radius 1 is 1.18 bits per heavy atom. The number of tetrazole rings is 1. The molecule has 0 unspecified atom stereocenters. The molecule has 0 aliphatic heterocycles. The first kappa shape index (κ1) is 23.6. The van der Waals surface area contributed by atoms with Crippen molar-refractivity contribution in [3.63, 3.8) is 0 Å². The van der Waals surface area contributed by atoms with Crippen LogP contribution in [-0.4, -0.2) is 55.5 Å². The van der Waals surface area contributed by atoms with E-state index in [-0.39, 0.29) is 18.2 Å². The summed E-state index contributed by atoms with van der Waals surface area (Å²) >= 11 is 0. The highest BCUT2D eigenvalue weighted by molar-refractivity contribution is 5.79. The third-order valence-electron chi connectivity index (χ3n) is 6.01. The number of benzene rings is 2. The maximum atomic E-state index is 12.8. The molecule has 9 heteroatoms. The lowest BCUT2D eigenvalue weighted by atomic mass is 10.1. The SMILES string of the molecule is CC[C@H](c1nnnn1Cc1ccc(OC)cc1)N(CCO)Cc1cc2cc(C)ccc2[nH]c1=O. The van der Waals surface area contributed by atoms with E-state index < -0.39 is 0 Å². The number of nitrogens with zero attached hydrogens (tertiary/aromatic N) is 5. The van der Waals surface area contributed by atoms with E-state index in [0.29, 0.717) is 37.4 Å². The van der Waals surface area contributed by atoms with Crippen molar-refractivity contribution in [1.82, 2.24) is 30.1 Å². The zero-order valence-corrected chi connectivity index (χ0v) is 19.7. The van der Waals surface area contributed by atoms with E-state index in [0.717, 1.165) is 27.8 Å². The number of H-pyrrole nitrogens is 1. The quantitative estimate of drug-likeness (QED) is 0.373. The molecule has 9 nitrogen and oxygen atoms in total. The van der Waals surface area contributed by atoms with Crippen molar-refractivity contribution in [3.05, 3.63) is 81.4 Å². The fourth-order valence-corrected chi connectivity index (χ4v) is 4.25. The smallest absolute Gasteiger partial charge is 0.252 e. The molecule has 0 saturated heterocycles. The number of hydrogen-bond donors (Lipinski definition) is 2. The van der Waals surface area contributed by atoms with E-state index in [2.05, 4.69) is 38.4 Å². The van der Waals surface area contributed by atoms with Gasteiger partial charge in [-0.15, -0.1) is 5.10 Å². The molecule has 1 atom stereocenters. The van der Waals surface area contributed by atoms with Gasteiger partial charge in [-0.1, -0.05) is 30.7 Å². The second kappa shape index (κ2) is 10.6. The van der Waals surface area contributed by atoms with Crippen LogP contribution >= 0.6 is 0 Å². The topological polar surface area (TPSA) is 109 Å². The molecule has 0 spiro atoms. The number of hydrogen-bond acceptors (Lipinski definition) is 7. The molecule has 4 aromatic rings. The van der Waals surface area contributed by atoms with Gasteiger partial charge in [0.15, 0.2) is 5.82 Å². The number of aromatic amines is 1. The number of nitrogens with one attached hydrogen (secondary N) is 1. The van der Waals surface area contributed by atoms with Crippen LogP contribution in [0.3, 0.4) is 0 Å². The molecule has 0 saturated carbocycles. The highest BCUT2D eigenvalue weighted by Gasteiger charge is 2.25. The summed E-state index contributed by atoms with van der Waals surface area (Å²) in [6.45, 7) is 5.30. The Bertz CT molecular complexity index is 1300. The molecule has 2 heterocycles. The largest absolute Gasteiger partial charge is 0.497 e. The van der Waals surface area contributed by atoms with Gasteiger partial charge in [-0.25, -0.2) is 4.68 Å². The highest BCUT2D eigenvalue weighted by atomic mass is 16.5. The van der Waals surface area contributed by atoms with Gasteiger partial charge in [-0.2, -0.15) is 0 Å². The fraction of sp³-hybridized carbons (Fsp3) is 0.360. The maximum absolute atomic E-state index is 12.8. The molecule has 0 radical (unpaired) electrons. The van der Waals surface area contributed by atoms with Crippen LogP contribution in [0.2, 0.25) is 0 Å². The minimum Gasteiger partial charge on any atom is -0.497 e. The van der Waals surface area contributed by atoms with E-state index in [1.54, 1.807) is 11.8 Å². The fourth-order valence-electron chi connectivity index (χ4n) is 4.25. The van der Waals surface area contributed by atoms with Crippen LogP contribution in [-0.2, 0) is 13.1 Å². The first-order valence-electron chi connectivity index (χ1n) is 11.4. The third kappa shape index (κ3) is 5.16. The molecule has 2 aromatic carbocycles. The van der Waals surface area contributed by atoms with Crippen molar-refractivity contribution in [2.45, 2.75) is 39.4 Å². The average Bonchev–Trinajstić information content (AvgIpc) is 3.28. The number of aliphatic hydroxyl groups is 1. The monoisotopic (exact) mass is 462 g/mol. The first-order chi connectivity index (χ1) is 16.5. The molecule has 4 rings (SSSR count). The summed E-state index contributed by atoms with van der Waals surface area (Å²) in [6.07, 6.45) is 0.716. The maximum Gasteiger partial charge on any atom is 0.252 e. The number of methoxy groups -OCH3 is 1. The number of fused-ring (bicyclic) bond motifs is 1. The Morgan fingerprint density at radius 2 is 1.97 bits per heavy atom. The summed E-state index contributed by atoms with van der Waals surface area (Å²) in [5.41, 5.74) is 3.48. The Morgan fingerprint density at radius 3 is 2.68 bits per heavy atom. The van der Waals surface area contributed by atoms with Gasteiger partial charge < -0.3 is 14.8 Å². The van der Waals surface area contributed by atoms with Crippen molar-refractivity contribution < 1.29 is 9.84 Å². The van der Waals surface area contributed by atoms with Crippen molar-refractivity contribution in [2.75, 3.05) is 20.3 Å². The third-order valence-corrected chi connectivity index (χ3v) is 6.01. The van der Waals surface area contributed by atoms with Crippen LogP contribution in [0.5, 0.6) is 5.75 Å². The van der Waals surface area contributed by atoms with E-state index in [9.17, 15) is 9.90 Å². The molecule has 0 fully saturated rings. The Labute approximate surface area is 198 Å². The van der Waals surface area contributed by atoms with Crippen LogP contribution < -0.4 is 10.3 Å². The van der Waals surface area contributed by atoms with Gasteiger partial charge in [-0.05, 0) is 65.1 Å². The molecule has 0 bridgehead atoms. The zero-order chi connectivity index (χ0) is 24.1. The van der Waals surface area contributed by atoms with Gasteiger partial charge >= 0.3 is 0 Å². The van der Waals surface area contributed by atoms with Gasteiger partial charge in [0.05, 0.1) is 26.3 Å². The number of rotatable bonds is 10. The predicted octanol–water partition coefficient (Wildman–Crippen LogP) is 2.83. The van der Waals surface area contributed by atoms with Crippen LogP contribution in [0.15, 0.2) is 53.3 Å². The van der Waals surface area contributed by atoms with Gasteiger partial charge in [0.2, 0.25) is 0 Å². The van der Waals surface area contributed by atoms with Gasteiger partial charge in [0, 0.05) is 24.2 Å². The molecule has 0 aliphatic carbocycles. The van der Waals surface area contributed by atoms with Crippen molar-refractivity contribution in [1.29, 1.82) is 0 Å². The number of pyridine rings is 1. The Balaban J connectivity index is 1.62. The number of aromatic nitrogens is 5. The Hall–Kier alpha value is -3.56. The minimum absolute atomic E-state index is 0.0405. The van der Waals surface area contributed by atoms with Gasteiger partial charge in [0.25, 0.3) is 5.56 Å². The predicted molar refractivity (Wildman–Crippen MR) is 130 cm³/mol. The summed E-state index contributed by atoms with van der Waals surface area (Å²) in [7, 11) is 1.64. The molecule has 2 N–H and O–H groups in total. The molecule has 2 aromatic heterocycles. The second-order valence-corrected chi connectivity index (χ2v) is 8.38. The number of aryl methyl sites for hydroxylation is 1. The van der Waals surface area contributed by atoms with Crippen LogP contribution in [0, 0.1) is 6.92 Å². The van der Waals surface area contributed by atoms with Gasteiger partial charge in [-0.3, -0.25) is 9.69 Å². The zero-order valence-electron chi connectivity index (χ0n) is 19.7. The molecule has 0 aliphatic rings. The van der Waals surface area contributed by atoms with Crippen LogP contribution in [0.25, 0.3) is 10.9 Å². The molecule has 34 heavy (non-hydrogen) atoms. The average molecular weight is 463 g/mol. The van der Waals surface area contributed by atoms with Crippen LogP contribution in [0.1, 0.15) is 41.9 Å². The lowest BCUT2D eigenvalue weighted by Crippen LogP contribution is -2.34. The molecular weight excluding hydrogens is 432 g/mol. The second-order valence-electron chi connectivity index (χ2n) is 8.38. The summed E-state index contributed by atoms with van der Waals surface area (Å²) in [6, 6.07) is 15.5. The van der Waals surface area contributed by atoms with E-state index >= 15 is 0 Å². The summed E-state index contributed by atoms with van der Waals surface area (Å²) in [5, 5.41) is 23.2. The van der Waals surface area contributed by atoms with E-state index in [1.807, 2.05) is 49.4 Å². The van der Waals surface area contributed by atoms with Crippen LogP contribution in [0.4, 0.5) is 0 Å². The minimum atomic E-state index is -0.173. The Kier molecular flexibility index (Phi) is 7.34. The summed E-state index contributed by atoms with van der Waals surface area (Å²) < 4.78 is 7.01. The van der Waals surface area contributed by atoms with E-state index in [4.69, 9.17) is 4.74 Å². The highest BCUT2D eigenvalue weighted by Crippen LogP contribution is 2.25. The molecular formula is C25H30N6O3. The first-order valence-corrected chi connectivity index (χ1v) is 11.4. The number of ether oxygens (including phenoxy) is 1. The normalized spacial score (nSPS) is 12.4. The van der Waals surface area contributed by atoms with E-state index in [1.165, 1.54) is 0 Å². The van der Waals surface area contributed by atoms with Gasteiger partial charge in [0.1, 0.15) is 5.75 Å². The van der Waals surface area contributed by atoms with Crippen molar-refractivity contribution >= 4 is 10.9 Å².